The highest BCUT2D eigenvalue weighted by Crippen LogP contribution is 2.05. The molecule has 0 radical (unpaired) electrons. The Morgan fingerprint density at radius 2 is 2.36 bits per heavy atom. The number of methoxy groups -OCH3 is 1. The summed E-state index contributed by atoms with van der Waals surface area (Å²) >= 11 is 0. The summed E-state index contributed by atoms with van der Waals surface area (Å²) in [5.74, 6) is 0.963. The maximum absolute atomic E-state index is 5.00. The van der Waals surface area contributed by atoms with Gasteiger partial charge < -0.3 is 14.6 Å². The summed E-state index contributed by atoms with van der Waals surface area (Å²) in [5.41, 5.74) is 0. The predicted octanol–water partition coefficient (Wildman–Crippen LogP) is 1.74. The van der Waals surface area contributed by atoms with Crippen LogP contribution in [0, 0.1) is 0 Å². The molecule has 0 amide bonds. The minimum Gasteiger partial charge on any atom is -0.385 e. The van der Waals surface area contributed by atoms with E-state index < -0.39 is 0 Å². The van der Waals surface area contributed by atoms with E-state index in [2.05, 4.69) is 21.8 Å². The average molecular weight is 197 g/mol. The maximum atomic E-state index is 5.00. The molecular formula is C10H19N3O. The number of rotatable bonds is 7. The Balaban J connectivity index is 2.30. The molecule has 0 aromatic carbocycles. The molecule has 14 heavy (non-hydrogen) atoms. The minimum absolute atomic E-state index is 0.839. The maximum Gasteiger partial charge on any atom is 0.202 e. The summed E-state index contributed by atoms with van der Waals surface area (Å²) in [5, 5.41) is 3.22. The van der Waals surface area contributed by atoms with Crippen molar-refractivity contribution in [3.63, 3.8) is 0 Å². The fourth-order valence-electron chi connectivity index (χ4n) is 1.34. The van der Waals surface area contributed by atoms with E-state index in [4.69, 9.17) is 4.74 Å². The van der Waals surface area contributed by atoms with E-state index in [1.165, 1.54) is 0 Å². The van der Waals surface area contributed by atoms with Gasteiger partial charge in [0, 0.05) is 39.2 Å². The van der Waals surface area contributed by atoms with Crippen molar-refractivity contribution in [2.24, 2.45) is 0 Å². The summed E-state index contributed by atoms with van der Waals surface area (Å²) in [7, 11) is 1.74. The molecule has 0 fully saturated rings. The number of hydrogen-bond donors (Lipinski definition) is 1. The molecule has 1 rings (SSSR count). The smallest absolute Gasteiger partial charge is 0.202 e. The van der Waals surface area contributed by atoms with Crippen molar-refractivity contribution < 1.29 is 4.74 Å². The van der Waals surface area contributed by atoms with Crippen LogP contribution in [0.4, 0.5) is 5.95 Å². The lowest BCUT2D eigenvalue weighted by atomic mass is 10.3. The first-order valence-electron chi connectivity index (χ1n) is 5.12. The molecule has 80 valence electrons. The van der Waals surface area contributed by atoms with Gasteiger partial charge in [-0.25, -0.2) is 4.98 Å². The molecule has 0 bridgehead atoms. The lowest BCUT2D eigenvalue weighted by molar-refractivity contribution is 0.191. The van der Waals surface area contributed by atoms with Crippen LogP contribution in [0.15, 0.2) is 12.4 Å². The average Bonchev–Trinajstić information content (AvgIpc) is 2.61. The second kappa shape index (κ2) is 6.43. The molecule has 4 nitrogen and oxygen atoms in total. The Morgan fingerprint density at radius 1 is 1.50 bits per heavy atom. The normalized spacial score (nSPS) is 10.4. The molecule has 0 aliphatic rings. The van der Waals surface area contributed by atoms with E-state index in [0.717, 1.165) is 38.5 Å². The molecule has 0 aliphatic heterocycles. The number of unbranched alkanes of at least 4 members (excludes halogenated alkanes) is 1. The lowest BCUT2D eigenvalue weighted by Crippen LogP contribution is -2.07. The van der Waals surface area contributed by atoms with Crippen molar-refractivity contribution in [2.75, 3.05) is 25.6 Å². The van der Waals surface area contributed by atoms with E-state index in [-0.39, 0.29) is 0 Å². The Bertz CT molecular complexity index is 247. The largest absolute Gasteiger partial charge is 0.385 e. The number of aromatic nitrogens is 2. The van der Waals surface area contributed by atoms with Crippen LogP contribution in [0.2, 0.25) is 0 Å². The van der Waals surface area contributed by atoms with E-state index in [1.54, 1.807) is 7.11 Å². The Labute approximate surface area is 85.3 Å². The van der Waals surface area contributed by atoms with Gasteiger partial charge in [0.05, 0.1) is 0 Å². The molecule has 1 N–H and O–H groups in total. The Kier molecular flexibility index (Phi) is 5.07. The molecule has 0 saturated heterocycles. The third-order valence-corrected chi connectivity index (χ3v) is 2.05. The monoisotopic (exact) mass is 197 g/mol. The van der Waals surface area contributed by atoms with Gasteiger partial charge in [0.25, 0.3) is 0 Å². The molecule has 4 heteroatoms. The molecule has 1 aromatic heterocycles. The third kappa shape index (κ3) is 3.38. The second-order valence-electron chi connectivity index (χ2n) is 3.17. The summed E-state index contributed by atoms with van der Waals surface area (Å²) in [4.78, 5) is 4.23. The van der Waals surface area contributed by atoms with Crippen LogP contribution in [0.5, 0.6) is 0 Å². The second-order valence-corrected chi connectivity index (χ2v) is 3.17. The van der Waals surface area contributed by atoms with E-state index in [1.807, 2.05) is 12.4 Å². The molecular weight excluding hydrogens is 178 g/mol. The van der Waals surface area contributed by atoms with E-state index in [9.17, 15) is 0 Å². The Hall–Kier alpha value is -1.03. The van der Waals surface area contributed by atoms with Crippen molar-refractivity contribution in [3.8, 4) is 0 Å². The van der Waals surface area contributed by atoms with Crippen LogP contribution in [-0.2, 0) is 11.3 Å². The molecule has 0 unspecified atom stereocenters. The Morgan fingerprint density at radius 3 is 3.07 bits per heavy atom. The summed E-state index contributed by atoms with van der Waals surface area (Å²) < 4.78 is 7.14. The van der Waals surface area contributed by atoms with Gasteiger partial charge in [0.2, 0.25) is 5.95 Å². The van der Waals surface area contributed by atoms with Crippen LogP contribution in [0.1, 0.15) is 19.8 Å². The van der Waals surface area contributed by atoms with Crippen LogP contribution in [-0.4, -0.2) is 29.8 Å². The fraction of sp³-hybridized carbons (Fsp3) is 0.700. The minimum atomic E-state index is 0.839. The first-order chi connectivity index (χ1) is 6.88. The molecule has 1 heterocycles. The van der Waals surface area contributed by atoms with Crippen LogP contribution >= 0.6 is 0 Å². The zero-order valence-electron chi connectivity index (χ0n) is 8.99. The highest BCUT2D eigenvalue weighted by Gasteiger charge is 1.99. The van der Waals surface area contributed by atoms with Gasteiger partial charge in [0.15, 0.2) is 0 Å². The number of ether oxygens (including phenoxy) is 1. The first-order valence-corrected chi connectivity index (χ1v) is 5.12. The number of aryl methyl sites for hydroxylation is 1. The van der Waals surface area contributed by atoms with Crippen molar-refractivity contribution in [2.45, 2.75) is 26.3 Å². The molecule has 0 saturated carbocycles. The zero-order valence-corrected chi connectivity index (χ0v) is 8.99. The van der Waals surface area contributed by atoms with Gasteiger partial charge in [0.1, 0.15) is 0 Å². The van der Waals surface area contributed by atoms with Crippen LogP contribution in [0.25, 0.3) is 0 Å². The van der Waals surface area contributed by atoms with Crippen molar-refractivity contribution in [3.05, 3.63) is 12.4 Å². The highest BCUT2D eigenvalue weighted by atomic mass is 16.5. The third-order valence-electron chi connectivity index (χ3n) is 2.05. The van der Waals surface area contributed by atoms with Gasteiger partial charge in [-0.1, -0.05) is 0 Å². The van der Waals surface area contributed by atoms with Crippen molar-refractivity contribution in [1.29, 1.82) is 0 Å². The molecule has 1 aromatic rings. The zero-order chi connectivity index (χ0) is 10.2. The summed E-state index contributed by atoms with van der Waals surface area (Å²) in [6.07, 6.45) is 6.06. The van der Waals surface area contributed by atoms with Crippen LogP contribution < -0.4 is 5.32 Å². The number of anilines is 1. The predicted molar refractivity (Wildman–Crippen MR) is 57.5 cm³/mol. The van der Waals surface area contributed by atoms with Crippen molar-refractivity contribution >= 4 is 5.95 Å². The molecule has 0 atom stereocenters. The highest BCUT2D eigenvalue weighted by molar-refractivity contribution is 5.25. The quantitative estimate of drug-likeness (QED) is 0.677. The van der Waals surface area contributed by atoms with Gasteiger partial charge in [-0.05, 0) is 19.8 Å². The van der Waals surface area contributed by atoms with E-state index >= 15 is 0 Å². The fourth-order valence-corrected chi connectivity index (χ4v) is 1.34. The molecule has 0 spiro atoms. The lowest BCUT2D eigenvalue weighted by Gasteiger charge is -2.07. The topological polar surface area (TPSA) is 39.1 Å². The van der Waals surface area contributed by atoms with Crippen LogP contribution in [0.3, 0.4) is 0 Å². The summed E-state index contributed by atoms with van der Waals surface area (Å²) in [6.45, 7) is 4.83. The van der Waals surface area contributed by atoms with E-state index in [0.29, 0.717) is 0 Å². The standard InChI is InChI=1S/C10H19N3O/c1-3-11-10-12-6-8-13(10)7-4-5-9-14-2/h6,8H,3-5,7,9H2,1-2H3,(H,11,12). The SMILES string of the molecule is CCNc1nccn1CCCCOC. The number of hydrogen-bond acceptors (Lipinski definition) is 3. The van der Waals surface area contributed by atoms with Gasteiger partial charge >= 0.3 is 0 Å². The molecule has 0 aliphatic carbocycles. The number of nitrogens with zero attached hydrogens (tertiary/aromatic N) is 2. The van der Waals surface area contributed by atoms with Crippen molar-refractivity contribution in [1.82, 2.24) is 9.55 Å². The number of imidazole rings is 1. The summed E-state index contributed by atoms with van der Waals surface area (Å²) in [6, 6.07) is 0. The first kappa shape index (κ1) is 11.0. The van der Waals surface area contributed by atoms with Gasteiger partial charge in [-0.3, -0.25) is 0 Å². The van der Waals surface area contributed by atoms with Gasteiger partial charge in [-0.15, -0.1) is 0 Å². The number of nitrogens with one attached hydrogen (secondary N) is 1. The van der Waals surface area contributed by atoms with Gasteiger partial charge in [-0.2, -0.15) is 0 Å².